The molecule has 2 rings (SSSR count). The van der Waals surface area contributed by atoms with Crippen LogP contribution < -0.4 is 5.32 Å². The van der Waals surface area contributed by atoms with E-state index in [4.69, 9.17) is 0 Å². The molecule has 0 aromatic heterocycles. The van der Waals surface area contributed by atoms with Crippen molar-refractivity contribution < 1.29 is 0 Å². The predicted octanol–water partition coefficient (Wildman–Crippen LogP) is 3.56. The van der Waals surface area contributed by atoms with Crippen LogP contribution in [0.5, 0.6) is 0 Å². The van der Waals surface area contributed by atoms with Gasteiger partial charge in [0.15, 0.2) is 0 Å². The molecule has 112 valence electrons. The van der Waals surface area contributed by atoms with Gasteiger partial charge in [0, 0.05) is 31.7 Å². The minimum Gasteiger partial charge on any atom is -0.314 e. The molecule has 0 amide bonds. The van der Waals surface area contributed by atoms with Gasteiger partial charge in [0.25, 0.3) is 0 Å². The normalized spacial score (nSPS) is 24.9. The lowest BCUT2D eigenvalue weighted by Crippen LogP contribution is -2.58. The summed E-state index contributed by atoms with van der Waals surface area (Å²) in [6, 6.07) is 9.19. The van der Waals surface area contributed by atoms with Crippen molar-refractivity contribution >= 4 is 0 Å². The first kappa shape index (κ1) is 15.5. The largest absolute Gasteiger partial charge is 0.314 e. The smallest absolute Gasteiger partial charge is 0.0307 e. The van der Waals surface area contributed by atoms with Crippen molar-refractivity contribution in [2.24, 2.45) is 0 Å². The Bertz CT molecular complexity index is 430. The van der Waals surface area contributed by atoms with Gasteiger partial charge in [0.2, 0.25) is 0 Å². The van der Waals surface area contributed by atoms with Crippen molar-refractivity contribution in [2.45, 2.75) is 58.5 Å². The Morgan fingerprint density at radius 3 is 2.40 bits per heavy atom. The zero-order chi connectivity index (χ0) is 14.8. The average molecular weight is 274 g/mol. The summed E-state index contributed by atoms with van der Waals surface area (Å²) in [7, 11) is 0. The van der Waals surface area contributed by atoms with Crippen molar-refractivity contribution in [3.05, 3.63) is 35.4 Å². The van der Waals surface area contributed by atoms with Gasteiger partial charge in [0.05, 0.1) is 0 Å². The van der Waals surface area contributed by atoms with Gasteiger partial charge in [-0.2, -0.15) is 0 Å². The van der Waals surface area contributed by atoms with Crippen LogP contribution in [0.15, 0.2) is 24.3 Å². The minimum atomic E-state index is 0.242. The standard InChI is InChI=1S/C18H30N2/c1-6-18(5)14-19-11-12-20(18)13-15-7-9-16(10-8-15)17(2,3)4/h7-10,19H,6,11-14H2,1-5H3. The van der Waals surface area contributed by atoms with E-state index in [9.17, 15) is 0 Å². The van der Waals surface area contributed by atoms with Crippen LogP contribution in [0.1, 0.15) is 52.2 Å². The van der Waals surface area contributed by atoms with Crippen LogP contribution >= 0.6 is 0 Å². The number of rotatable bonds is 3. The predicted molar refractivity (Wildman–Crippen MR) is 87.1 cm³/mol. The van der Waals surface area contributed by atoms with E-state index in [-0.39, 0.29) is 5.41 Å². The van der Waals surface area contributed by atoms with E-state index in [1.807, 2.05) is 0 Å². The molecule has 2 heteroatoms. The third kappa shape index (κ3) is 3.42. The fraction of sp³-hybridized carbons (Fsp3) is 0.667. The molecule has 1 saturated heterocycles. The first-order valence-corrected chi connectivity index (χ1v) is 7.90. The average Bonchev–Trinajstić information content (AvgIpc) is 2.41. The molecule has 0 spiro atoms. The highest BCUT2D eigenvalue weighted by atomic mass is 15.2. The topological polar surface area (TPSA) is 15.3 Å². The molecule has 0 aliphatic carbocycles. The molecular formula is C18H30N2. The number of nitrogens with zero attached hydrogens (tertiary/aromatic N) is 1. The van der Waals surface area contributed by atoms with Crippen molar-refractivity contribution in [1.29, 1.82) is 0 Å². The van der Waals surface area contributed by atoms with Gasteiger partial charge < -0.3 is 5.32 Å². The summed E-state index contributed by atoms with van der Waals surface area (Å²) in [5.41, 5.74) is 3.38. The summed E-state index contributed by atoms with van der Waals surface area (Å²) in [6.07, 6.45) is 1.19. The van der Waals surface area contributed by atoms with Crippen molar-refractivity contribution in [3.8, 4) is 0 Å². The lowest BCUT2D eigenvalue weighted by atomic mass is 9.86. The number of piperazine rings is 1. The van der Waals surface area contributed by atoms with Gasteiger partial charge in [-0.25, -0.2) is 0 Å². The summed E-state index contributed by atoms with van der Waals surface area (Å²) < 4.78 is 0. The van der Waals surface area contributed by atoms with E-state index in [0.29, 0.717) is 5.54 Å². The lowest BCUT2D eigenvalue weighted by molar-refractivity contribution is 0.0637. The molecule has 1 aromatic carbocycles. The van der Waals surface area contributed by atoms with Crippen molar-refractivity contribution in [3.63, 3.8) is 0 Å². The van der Waals surface area contributed by atoms with Crippen LogP contribution in [0.3, 0.4) is 0 Å². The summed E-state index contributed by atoms with van der Waals surface area (Å²) >= 11 is 0. The van der Waals surface area contributed by atoms with Crippen molar-refractivity contribution in [2.75, 3.05) is 19.6 Å². The Balaban J connectivity index is 2.09. The molecule has 1 aliphatic rings. The summed E-state index contributed by atoms with van der Waals surface area (Å²) in [6.45, 7) is 15.9. The Labute approximate surface area is 124 Å². The second-order valence-electron chi connectivity index (χ2n) is 7.40. The molecule has 1 unspecified atom stereocenters. The number of hydrogen-bond acceptors (Lipinski definition) is 2. The minimum absolute atomic E-state index is 0.242. The highest BCUT2D eigenvalue weighted by Crippen LogP contribution is 2.25. The van der Waals surface area contributed by atoms with Crippen molar-refractivity contribution in [1.82, 2.24) is 10.2 Å². The van der Waals surface area contributed by atoms with Gasteiger partial charge in [0.1, 0.15) is 0 Å². The fourth-order valence-electron chi connectivity index (χ4n) is 2.90. The molecule has 1 aromatic rings. The van der Waals surface area contributed by atoms with E-state index in [2.05, 4.69) is 69.1 Å². The number of benzene rings is 1. The van der Waals surface area contributed by atoms with Crippen LogP contribution in [-0.2, 0) is 12.0 Å². The second-order valence-corrected chi connectivity index (χ2v) is 7.40. The molecule has 2 nitrogen and oxygen atoms in total. The van der Waals surface area contributed by atoms with Crippen LogP contribution in [0.4, 0.5) is 0 Å². The van der Waals surface area contributed by atoms with Gasteiger partial charge in [-0.1, -0.05) is 52.0 Å². The van der Waals surface area contributed by atoms with E-state index < -0.39 is 0 Å². The third-order valence-electron chi connectivity index (χ3n) is 4.78. The maximum atomic E-state index is 3.53. The third-order valence-corrected chi connectivity index (χ3v) is 4.78. The Morgan fingerprint density at radius 2 is 1.85 bits per heavy atom. The van der Waals surface area contributed by atoms with Crippen LogP contribution in [0.2, 0.25) is 0 Å². The zero-order valence-corrected chi connectivity index (χ0v) is 13.8. The summed E-state index contributed by atoms with van der Waals surface area (Å²) in [4.78, 5) is 2.63. The monoisotopic (exact) mass is 274 g/mol. The molecule has 0 bridgehead atoms. The summed E-state index contributed by atoms with van der Waals surface area (Å²) in [5, 5.41) is 3.53. The SMILES string of the molecule is CCC1(C)CNCCN1Cc1ccc(C(C)(C)C)cc1. The van der Waals surface area contributed by atoms with E-state index >= 15 is 0 Å². The van der Waals surface area contributed by atoms with Gasteiger partial charge in [-0.05, 0) is 29.9 Å². The fourth-order valence-corrected chi connectivity index (χ4v) is 2.90. The van der Waals surface area contributed by atoms with Crippen LogP contribution in [0, 0.1) is 0 Å². The number of nitrogens with one attached hydrogen (secondary N) is 1. The molecule has 0 radical (unpaired) electrons. The Hall–Kier alpha value is -0.860. The molecule has 0 saturated carbocycles. The van der Waals surface area contributed by atoms with E-state index in [1.54, 1.807) is 0 Å². The summed E-state index contributed by atoms with van der Waals surface area (Å²) in [5.74, 6) is 0. The highest BCUT2D eigenvalue weighted by molar-refractivity contribution is 5.27. The quantitative estimate of drug-likeness (QED) is 0.906. The maximum Gasteiger partial charge on any atom is 0.0307 e. The molecule has 1 fully saturated rings. The molecule has 1 heterocycles. The van der Waals surface area contributed by atoms with Crippen LogP contribution in [0.25, 0.3) is 0 Å². The first-order chi connectivity index (χ1) is 9.35. The molecular weight excluding hydrogens is 244 g/mol. The molecule has 1 N–H and O–H groups in total. The molecule has 20 heavy (non-hydrogen) atoms. The molecule has 1 aliphatic heterocycles. The van der Waals surface area contributed by atoms with Crippen LogP contribution in [-0.4, -0.2) is 30.1 Å². The lowest BCUT2D eigenvalue weighted by Gasteiger charge is -2.45. The van der Waals surface area contributed by atoms with E-state index in [0.717, 1.165) is 26.2 Å². The van der Waals surface area contributed by atoms with Gasteiger partial charge >= 0.3 is 0 Å². The maximum absolute atomic E-state index is 3.53. The zero-order valence-electron chi connectivity index (χ0n) is 13.8. The first-order valence-electron chi connectivity index (χ1n) is 7.90. The molecule has 1 atom stereocenters. The number of hydrogen-bond donors (Lipinski definition) is 1. The highest BCUT2D eigenvalue weighted by Gasteiger charge is 2.32. The second kappa shape index (κ2) is 5.87. The van der Waals surface area contributed by atoms with Gasteiger partial charge in [-0.3, -0.25) is 4.90 Å². The van der Waals surface area contributed by atoms with E-state index in [1.165, 1.54) is 17.5 Å². The van der Waals surface area contributed by atoms with Gasteiger partial charge in [-0.15, -0.1) is 0 Å². The Kier molecular flexibility index (Phi) is 4.55. The Morgan fingerprint density at radius 1 is 1.20 bits per heavy atom.